The third kappa shape index (κ3) is 2.75. The molecule has 156 valence electrons. The Morgan fingerprint density at radius 2 is 2.07 bits per heavy atom. The fraction of sp³-hybridized carbons (Fsp3) is 0.391. The molecule has 2 aromatic carbocycles. The molecular weight excluding hydrogens is 403 g/mol. The Kier molecular flexibility index (Phi) is 4.73. The molecule has 0 bridgehead atoms. The largest absolute Gasteiger partial charge is 0.497 e. The standard InChI is InChI=1S/C23H23FN2O3S/c1-29-17-9-10-20-18(13-17)23(26(11-12-30-23)21(27)15-6-4-7-15)22(28)25(20)14-16-5-2-3-8-19(16)24/h2-3,5,8-10,13,15H,4,6-7,11-12,14H2,1H3. The van der Waals surface area contributed by atoms with Crippen LogP contribution in [0.1, 0.15) is 30.4 Å². The highest BCUT2D eigenvalue weighted by Gasteiger charge is 2.60. The van der Waals surface area contributed by atoms with E-state index in [2.05, 4.69) is 0 Å². The van der Waals surface area contributed by atoms with Gasteiger partial charge >= 0.3 is 0 Å². The minimum atomic E-state index is -1.10. The lowest BCUT2D eigenvalue weighted by Crippen LogP contribution is -2.52. The highest BCUT2D eigenvalue weighted by atomic mass is 32.2. The molecule has 0 radical (unpaired) electrons. The molecule has 2 aromatic rings. The van der Waals surface area contributed by atoms with E-state index in [4.69, 9.17) is 4.74 Å². The molecule has 5 rings (SSSR count). The van der Waals surface area contributed by atoms with Crippen molar-refractivity contribution in [1.82, 2.24) is 4.90 Å². The van der Waals surface area contributed by atoms with E-state index in [1.54, 1.807) is 41.2 Å². The lowest BCUT2D eigenvalue weighted by atomic mass is 9.84. The summed E-state index contributed by atoms with van der Waals surface area (Å²) in [6.07, 6.45) is 2.82. The smallest absolute Gasteiger partial charge is 0.268 e. The van der Waals surface area contributed by atoms with Gasteiger partial charge in [-0.15, -0.1) is 11.8 Å². The third-order valence-corrected chi connectivity index (χ3v) is 7.83. The second-order valence-corrected chi connectivity index (χ2v) is 9.26. The van der Waals surface area contributed by atoms with E-state index >= 15 is 0 Å². The first-order chi connectivity index (χ1) is 14.6. The lowest BCUT2D eigenvalue weighted by molar-refractivity contribution is -0.145. The van der Waals surface area contributed by atoms with Gasteiger partial charge in [-0.1, -0.05) is 24.6 Å². The Labute approximate surface area is 179 Å². The second kappa shape index (κ2) is 7.30. The molecular formula is C23H23FN2O3S. The van der Waals surface area contributed by atoms with Crippen LogP contribution < -0.4 is 9.64 Å². The van der Waals surface area contributed by atoms with Crippen LogP contribution >= 0.6 is 11.8 Å². The van der Waals surface area contributed by atoms with Gasteiger partial charge in [-0.25, -0.2) is 4.39 Å². The summed E-state index contributed by atoms with van der Waals surface area (Å²) in [6.45, 7) is 0.661. The number of thioether (sulfide) groups is 1. The molecule has 0 N–H and O–H groups in total. The maximum Gasteiger partial charge on any atom is 0.268 e. The number of fused-ring (bicyclic) bond motifs is 2. The van der Waals surface area contributed by atoms with E-state index in [1.807, 2.05) is 12.1 Å². The SMILES string of the molecule is COc1ccc2c(c1)C1(SCCN1C(=O)C1CCC1)C(=O)N2Cc1ccccc1F. The third-order valence-electron chi connectivity index (χ3n) is 6.41. The van der Waals surface area contributed by atoms with Crippen molar-refractivity contribution in [3.63, 3.8) is 0 Å². The Morgan fingerprint density at radius 1 is 1.27 bits per heavy atom. The van der Waals surface area contributed by atoms with Gasteiger partial charge < -0.3 is 14.5 Å². The van der Waals surface area contributed by atoms with Crippen LogP contribution in [0.15, 0.2) is 42.5 Å². The molecule has 1 aliphatic carbocycles. The summed E-state index contributed by atoms with van der Waals surface area (Å²) in [4.78, 5) is 29.5. The predicted molar refractivity (Wildman–Crippen MR) is 114 cm³/mol. The molecule has 7 heteroatoms. The van der Waals surface area contributed by atoms with Crippen LogP contribution in [-0.4, -0.2) is 36.1 Å². The summed E-state index contributed by atoms with van der Waals surface area (Å²) in [5, 5.41) is 0. The van der Waals surface area contributed by atoms with Gasteiger partial charge in [0.15, 0.2) is 4.87 Å². The first kappa shape index (κ1) is 19.4. The van der Waals surface area contributed by atoms with Crippen molar-refractivity contribution in [2.45, 2.75) is 30.7 Å². The van der Waals surface area contributed by atoms with Crippen LogP contribution in [0.2, 0.25) is 0 Å². The number of methoxy groups -OCH3 is 1. The molecule has 1 saturated heterocycles. The van der Waals surface area contributed by atoms with E-state index in [0.717, 1.165) is 24.8 Å². The summed E-state index contributed by atoms with van der Waals surface area (Å²) >= 11 is 1.49. The Morgan fingerprint density at radius 3 is 2.77 bits per heavy atom. The van der Waals surface area contributed by atoms with Crippen molar-refractivity contribution >= 4 is 29.3 Å². The van der Waals surface area contributed by atoms with Gasteiger partial charge in [-0.2, -0.15) is 0 Å². The average molecular weight is 427 g/mol. The number of nitrogens with zero attached hydrogens (tertiary/aromatic N) is 2. The van der Waals surface area contributed by atoms with E-state index in [-0.39, 0.29) is 30.1 Å². The van der Waals surface area contributed by atoms with E-state index in [9.17, 15) is 14.0 Å². The minimum absolute atomic E-state index is 0.00282. The molecule has 2 heterocycles. The fourth-order valence-corrected chi connectivity index (χ4v) is 6.03. The second-order valence-electron chi connectivity index (χ2n) is 7.98. The number of anilines is 1. The number of ether oxygens (including phenoxy) is 1. The summed E-state index contributed by atoms with van der Waals surface area (Å²) in [6, 6.07) is 12.0. The van der Waals surface area contributed by atoms with Crippen LogP contribution in [0, 0.1) is 11.7 Å². The number of hydrogen-bond acceptors (Lipinski definition) is 4. The van der Waals surface area contributed by atoms with Gasteiger partial charge in [0.25, 0.3) is 5.91 Å². The van der Waals surface area contributed by atoms with Crippen LogP contribution in [0.4, 0.5) is 10.1 Å². The van der Waals surface area contributed by atoms with Gasteiger partial charge in [0.05, 0.1) is 19.3 Å². The molecule has 2 fully saturated rings. The zero-order valence-corrected chi connectivity index (χ0v) is 17.6. The van der Waals surface area contributed by atoms with Crippen LogP contribution in [0.5, 0.6) is 5.75 Å². The molecule has 3 aliphatic rings. The van der Waals surface area contributed by atoms with Crippen molar-refractivity contribution < 1.29 is 18.7 Å². The summed E-state index contributed by atoms with van der Waals surface area (Å²) in [7, 11) is 1.58. The van der Waals surface area contributed by atoms with Gasteiger partial charge in [0.2, 0.25) is 5.91 Å². The van der Waals surface area contributed by atoms with Crippen molar-refractivity contribution in [2.24, 2.45) is 5.92 Å². The van der Waals surface area contributed by atoms with E-state index in [1.165, 1.54) is 17.8 Å². The maximum absolute atomic E-state index is 14.4. The molecule has 2 amide bonds. The topological polar surface area (TPSA) is 49.9 Å². The summed E-state index contributed by atoms with van der Waals surface area (Å²) < 4.78 is 19.8. The van der Waals surface area contributed by atoms with Gasteiger partial charge in [0.1, 0.15) is 11.6 Å². The monoisotopic (exact) mass is 426 g/mol. The van der Waals surface area contributed by atoms with Crippen LogP contribution in [-0.2, 0) is 21.0 Å². The molecule has 5 nitrogen and oxygen atoms in total. The van der Waals surface area contributed by atoms with E-state index < -0.39 is 4.87 Å². The lowest BCUT2D eigenvalue weighted by Gasteiger charge is -2.37. The van der Waals surface area contributed by atoms with Gasteiger partial charge in [-0.3, -0.25) is 9.59 Å². The maximum atomic E-state index is 14.4. The van der Waals surface area contributed by atoms with E-state index in [0.29, 0.717) is 29.3 Å². The van der Waals surface area contributed by atoms with Gasteiger partial charge in [-0.05, 0) is 37.1 Å². The van der Waals surface area contributed by atoms with Crippen LogP contribution in [0.3, 0.4) is 0 Å². The predicted octanol–water partition coefficient (Wildman–Crippen LogP) is 3.91. The van der Waals surface area contributed by atoms with Crippen molar-refractivity contribution in [2.75, 3.05) is 24.3 Å². The number of amides is 2. The highest BCUT2D eigenvalue weighted by molar-refractivity contribution is 8.01. The van der Waals surface area contributed by atoms with Crippen LogP contribution in [0.25, 0.3) is 0 Å². The number of rotatable bonds is 4. The number of benzene rings is 2. The Balaban J connectivity index is 1.61. The van der Waals surface area contributed by atoms with Crippen molar-refractivity contribution in [3.8, 4) is 5.75 Å². The number of carbonyl (C=O) groups excluding carboxylic acids is 2. The number of halogens is 1. The molecule has 30 heavy (non-hydrogen) atoms. The molecule has 0 aromatic heterocycles. The van der Waals surface area contributed by atoms with Crippen molar-refractivity contribution in [3.05, 3.63) is 59.4 Å². The average Bonchev–Trinajstić information content (AvgIpc) is 3.25. The molecule has 1 atom stereocenters. The number of carbonyl (C=O) groups is 2. The first-order valence-corrected chi connectivity index (χ1v) is 11.2. The zero-order chi connectivity index (χ0) is 20.9. The molecule has 1 unspecified atom stereocenters. The first-order valence-electron chi connectivity index (χ1n) is 10.3. The molecule has 1 spiro atoms. The fourth-order valence-electron chi connectivity index (χ4n) is 4.57. The Bertz CT molecular complexity index is 1030. The quantitative estimate of drug-likeness (QED) is 0.744. The normalized spacial score (nSPS) is 23.1. The zero-order valence-electron chi connectivity index (χ0n) is 16.8. The highest BCUT2D eigenvalue weighted by Crippen LogP contribution is 2.56. The summed E-state index contributed by atoms with van der Waals surface area (Å²) in [5.41, 5.74) is 1.92. The summed E-state index contributed by atoms with van der Waals surface area (Å²) in [5.74, 6) is 0.863. The van der Waals surface area contributed by atoms with Crippen molar-refractivity contribution in [1.29, 1.82) is 0 Å². The van der Waals surface area contributed by atoms with Gasteiger partial charge in [0, 0.05) is 29.3 Å². The molecule has 2 aliphatic heterocycles. The number of hydrogen-bond donors (Lipinski definition) is 0. The Hall–Kier alpha value is -2.54. The minimum Gasteiger partial charge on any atom is -0.497 e. The molecule has 1 saturated carbocycles.